The van der Waals surface area contributed by atoms with Crippen LogP contribution < -0.4 is 16.2 Å². The van der Waals surface area contributed by atoms with Crippen molar-refractivity contribution >= 4 is 5.69 Å². The van der Waals surface area contributed by atoms with Gasteiger partial charge < -0.3 is 10.6 Å². The van der Waals surface area contributed by atoms with Crippen LogP contribution >= 0.6 is 0 Å². The number of anilines is 1. The fourth-order valence-corrected chi connectivity index (χ4v) is 4.19. The van der Waals surface area contributed by atoms with Crippen molar-refractivity contribution in [2.45, 2.75) is 24.6 Å². The SMILES string of the molecule is O=c1cc(-c2ccc(C(F)(F)F)nn2)ccn1-c1ccc2c(c1)NC1CCNCC21. The summed E-state index contributed by atoms with van der Waals surface area (Å²) >= 11 is 0. The fraction of sp³-hybridized carbons (Fsp3) is 0.286. The summed E-state index contributed by atoms with van der Waals surface area (Å²) in [5, 5.41) is 13.8. The topological polar surface area (TPSA) is 71.8 Å². The highest BCUT2D eigenvalue weighted by Crippen LogP contribution is 2.39. The zero-order valence-corrected chi connectivity index (χ0v) is 15.8. The molecule has 9 heteroatoms. The first-order valence-electron chi connectivity index (χ1n) is 9.66. The fourth-order valence-electron chi connectivity index (χ4n) is 4.19. The third kappa shape index (κ3) is 3.24. The van der Waals surface area contributed by atoms with E-state index in [1.165, 1.54) is 22.3 Å². The van der Waals surface area contributed by atoms with Gasteiger partial charge in [0.1, 0.15) is 0 Å². The first-order chi connectivity index (χ1) is 14.4. The minimum atomic E-state index is -4.55. The van der Waals surface area contributed by atoms with Crippen molar-refractivity contribution in [3.8, 4) is 16.9 Å². The first-order valence-corrected chi connectivity index (χ1v) is 9.66. The highest BCUT2D eigenvalue weighted by atomic mass is 19.4. The molecular weight excluding hydrogens is 395 g/mol. The van der Waals surface area contributed by atoms with E-state index < -0.39 is 11.9 Å². The van der Waals surface area contributed by atoms with Gasteiger partial charge in [-0.05, 0) is 48.9 Å². The molecule has 0 radical (unpaired) electrons. The molecule has 2 atom stereocenters. The van der Waals surface area contributed by atoms with Crippen LogP contribution in [0.5, 0.6) is 0 Å². The summed E-state index contributed by atoms with van der Waals surface area (Å²) in [5.41, 5.74) is 2.26. The lowest BCUT2D eigenvalue weighted by molar-refractivity contribution is -0.141. The number of benzene rings is 1. The highest BCUT2D eigenvalue weighted by molar-refractivity contribution is 5.64. The van der Waals surface area contributed by atoms with Crippen molar-refractivity contribution in [3.05, 3.63) is 70.3 Å². The Balaban J connectivity index is 1.44. The summed E-state index contributed by atoms with van der Waals surface area (Å²) < 4.78 is 39.5. The van der Waals surface area contributed by atoms with Gasteiger partial charge in [0.15, 0.2) is 5.69 Å². The lowest BCUT2D eigenvalue weighted by Gasteiger charge is -2.26. The maximum Gasteiger partial charge on any atom is 0.435 e. The summed E-state index contributed by atoms with van der Waals surface area (Å²) in [6, 6.07) is 11.4. The number of pyridine rings is 1. The molecule has 30 heavy (non-hydrogen) atoms. The van der Waals surface area contributed by atoms with Crippen LogP contribution in [0.2, 0.25) is 0 Å². The lowest BCUT2D eigenvalue weighted by atomic mass is 9.90. The lowest BCUT2D eigenvalue weighted by Crippen LogP contribution is -2.38. The Morgan fingerprint density at radius 2 is 1.93 bits per heavy atom. The molecule has 2 unspecified atom stereocenters. The van der Waals surface area contributed by atoms with Gasteiger partial charge in [-0.2, -0.15) is 13.2 Å². The van der Waals surface area contributed by atoms with Crippen molar-refractivity contribution in [1.29, 1.82) is 0 Å². The van der Waals surface area contributed by atoms with Gasteiger partial charge in [-0.3, -0.25) is 9.36 Å². The molecule has 1 fully saturated rings. The van der Waals surface area contributed by atoms with Crippen LogP contribution in [0, 0.1) is 0 Å². The molecule has 1 saturated heterocycles. The highest BCUT2D eigenvalue weighted by Gasteiger charge is 2.34. The van der Waals surface area contributed by atoms with Crippen molar-refractivity contribution in [2.24, 2.45) is 0 Å². The second-order valence-electron chi connectivity index (χ2n) is 7.55. The number of nitrogens with zero attached hydrogens (tertiary/aromatic N) is 3. The van der Waals surface area contributed by atoms with Gasteiger partial charge in [0.2, 0.25) is 0 Å². The van der Waals surface area contributed by atoms with E-state index >= 15 is 0 Å². The molecule has 0 aliphatic carbocycles. The van der Waals surface area contributed by atoms with Crippen molar-refractivity contribution < 1.29 is 13.2 Å². The number of rotatable bonds is 2. The Labute approximate surface area is 169 Å². The number of hydrogen-bond donors (Lipinski definition) is 2. The van der Waals surface area contributed by atoms with Crippen LogP contribution in [-0.2, 0) is 6.18 Å². The Kier molecular flexibility index (Phi) is 4.35. The standard InChI is InChI=1S/C21H18F3N5O/c22-21(23,24)19-4-3-16(27-28-19)12-6-8-29(20(30)9-12)13-1-2-14-15-11-25-7-5-17(15)26-18(14)10-13/h1-4,6,8-10,15,17,25-26H,5,7,11H2. The minimum absolute atomic E-state index is 0.208. The monoisotopic (exact) mass is 413 g/mol. The summed E-state index contributed by atoms with van der Waals surface area (Å²) in [6.45, 7) is 1.93. The molecule has 0 bridgehead atoms. The summed E-state index contributed by atoms with van der Waals surface area (Å²) in [5.74, 6) is 0.431. The van der Waals surface area contributed by atoms with E-state index in [2.05, 4.69) is 26.9 Å². The van der Waals surface area contributed by atoms with E-state index in [1.54, 1.807) is 12.3 Å². The largest absolute Gasteiger partial charge is 0.435 e. The van der Waals surface area contributed by atoms with Gasteiger partial charge in [0, 0.05) is 42.0 Å². The number of hydrogen-bond acceptors (Lipinski definition) is 5. The van der Waals surface area contributed by atoms with E-state index in [0.717, 1.165) is 37.0 Å². The first kappa shape index (κ1) is 18.8. The van der Waals surface area contributed by atoms with Gasteiger partial charge >= 0.3 is 6.18 Å². The van der Waals surface area contributed by atoms with Gasteiger partial charge in [-0.1, -0.05) is 6.07 Å². The molecule has 2 aliphatic heterocycles. The predicted octanol–water partition coefficient (Wildman–Crippen LogP) is 3.18. The second-order valence-corrected chi connectivity index (χ2v) is 7.55. The molecule has 5 rings (SSSR count). The summed E-state index contributed by atoms with van der Waals surface area (Å²) in [7, 11) is 0. The molecule has 3 aromatic rings. The molecule has 2 N–H and O–H groups in total. The zero-order valence-electron chi connectivity index (χ0n) is 15.8. The van der Waals surface area contributed by atoms with Crippen molar-refractivity contribution in [3.63, 3.8) is 0 Å². The molecule has 0 spiro atoms. The Hall–Kier alpha value is -3.20. The average Bonchev–Trinajstić information content (AvgIpc) is 3.11. The van der Waals surface area contributed by atoms with Crippen LogP contribution in [0.1, 0.15) is 23.6 Å². The van der Waals surface area contributed by atoms with Gasteiger partial charge in [0.05, 0.1) is 11.4 Å². The van der Waals surface area contributed by atoms with Crippen LogP contribution in [0.3, 0.4) is 0 Å². The number of aromatic nitrogens is 3. The number of piperidine rings is 1. The Bertz CT molecular complexity index is 1160. The molecule has 0 saturated carbocycles. The molecule has 4 heterocycles. The number of nitrogens with one attached hydrogen (secondary N) is 2. The third-order valence-corrected chi connectivity index (χ3v) is 5.71. The van der Waals surface area contributed by atoms with Gasteiger partial charge in [-0.15, -0.1) is 10.2 Å². The van der Waals surface area contributed by atoms with Gasteiger partial charge in [0.25, 0.3) is 5.56 Å². The zero-order chi connectivity index (χ0) is 20.9. The van der Waals surface area contributed by atoms with Crippen LogP contribution in [0.25, 0.3) is 16.9 Å². The van der Waals surface area contributed by atoms with Crippen LogP contribution in [0.15, 0.2) is 53.5 Å². The Morgan fingerprint density at radius 1 is 1.07 bits per heavy atom. The molecule has 2 aliphatic rings. The molecular formula is C21H18F3N5O. The van der Waals surface area contributed by atoms with Crippen LogP contribution in [-0.4, -0.2) is 33.9 Å². The second kappa shape index (κ2) is 6.94. The quantitative estimate of drug-likeness (QED) is 0.675. The van der Waals surface area contributed by atoms with E-state index in [0.29, 0.717) is 17.5 Å². The van der Waals surface area contributed by atoms with E-state index in [-0.39, 0.29) is 11.3 Å². The summed E-state index contributed by atoms with van der Waals surface area (Å²) in [4.78, 5) is 12.7. The molecule has 154 valence electrons. The number of halogens is 3. The maximum atomic E-state index is 12.7. The van der Waals surface area contributed by atoms with E-state index in [1.807, 2.05) is 12.1 Å². The van der Waals surface area contributed by atoms with Crippen molar-refractivity contribution in [1.82, 2.24) is 20.1 Å². The molecule has 2 aromatic heterocycles. The van der Waals surface area contributed by atoms with Crippen LogP contribution in [0.4, 0.5) is 18.9 Å². The normalized spacial score (nSPS) is 20.4. The number of fused-ring (bicyclic) bond motifs is 3. The summed E-state index contributed by atoms with van der Waals surface area (Å²) in [6.07, 6.45) is -1.90. The minimum Gasteiger partial charge on any atom is -0.381 e. The molecule has 1 aromatic carbocycles. The predicted molar refractivity (Wildman–Crippen MR) is 106 cm³/mol. The van der Waals surface area contributed by atoms with E-state index in [4.69, 9.17) is 0 Å². The van der Waals surface area contributed by atoms with Crippen molar-refractivity contribution in [2.75, 3.05) is 18.4 Å². The smallest absolute Gasteiger partial charge is 0.381 e. The average molecular weight is 413 g/mol. The third-order valence-electron chi connectivity index (χ3n) is 5.71. The molecule has 6 nitrogen and oxygen atoms in total. The Morgan fingerprint density at radius 3 is 2.67 bits per heavy atom. The molecule has 0 amide bonds. The van der Waals surface area contributed by atoms with Gasteiger partial charge in [-0.25, -0.2) is 0 Å². The van der Waals surface area contributed by atoms with E-state index in [9.17, 15) is 18.0 Å². The number of alkyl halides is 3. The maximum absolute atomic E-state index is 12.7.